The Morgan fingerprint density at radius 3 is 2.35 bits per heavy atom. The molecule has 218 valence electrons. The Bertz CT molecular complexity index is 1860. The van der Waals surface area contributed by atoms with Crippen molar-refractivity contribution in [2.45, 2.75) is 97.3 Å². The van der Waals surface area contributed by atoms with Gasteiger partial charge in [0, 0.05) is 5.41 Å². The predicted octanol–water partition coefficient (Wildman–Crippen LogP) is 12.2. The number of rotatable bonds is 3. The Hall–Kier alpha value is -3.64. The van der Waals surface area contributed by atoms with Crippen LogP contribution in [0.2, 0.25) is 0 Å². The van der Waals surface area contributed by atoms with Gasteiger partial charge in [-0.2, -0.15) is 0 Å². The first-order chi connectivity index (χ1) is 20.6. The minimum absolute atomic E-state index is 0.0576. The molecule has 3 aliphatic carbocycles. The van der Waals surface area contributed by atoms with Crippen LogP contribution in [0.1, 0.15) is 125 Å². The lowest BCUT2D eigenvalue weighted by atomic mass is 9.77. The minimum Gasteiger partial charge on any atom is -0.0952 e. The number of benzene rings is 4. The van der Waals surface area contributed by atoms with Gasteiger partial charge in [0.1, 0.15) is 0 Å². The second kappa shape index (κ2) is 10.2. The third kappa shape index (κ3) is 4.57. The third-order valence-electron chi connectivity index (χ3n) is 10.5. The van der Waals surface area contributed by atoms with Gasteiger partial charge in [0.05, 0.1) is 0 Å². The highest BCUT2D eigenvalue weighted by atomic mass is 14.4. The second-order valence-electron chi connectivity index (χ2n) is 14.8. The van der Waals surface area contributed by atoms with Gasteiger partial charge in [-0.3, -0.25) is 0 Å². The summed E-state index contributed by atoms with van der Waals surface area (Å²) in [6, 6.07) is 24.3. The molecule has 0 spiro atoms. The maximum Gasteiger partial charge on any atom is 0.0159 e. The fourth-order valence-electron chi connectivity index (χ4n) is 7.88. The normalized spacial score (nSPS) is 17.0. The highest BCUT2D eigenvalue weighted by molar-refractivity contribution is 6.02. The van der Waals surface area contributed by atoms with Gasteiger partial charge in [-0.05, 0) is 134 Å². The van der Waals surface area contributed by atoms with Crippen LogP contribution in [-0.4, -0.2) is 0 Å². The van der Waals surface area contributed by atoms with Crippen LogP contribution in [0.4, 0.5) is 0 Å². The average Bonchev–Trinajstić information content (AvgIpc) is 3.10. The van der Waals surface area contributed by atoms with E-state index in [2.05, 4.69) is 121 Å². The van der Waals surface area contributed by atoms with Gasteiger partial charge in [0.25, 0.3) is 0 Å². The van der Waals surface area contributed by atoms with E-state index in [-0.39, 0.29) is 10.8 Å². The summed E-state index contributed by atoms with van der Waals surface area (Å²) in [6.45, 7) is 18.8. The van der Waals surface area contributed by atoms with Crippen molar-refractivity contribution in [3.8, 4) is 11.1 Å². The highest BCUT2D eigenvalue weighted by Gasteiger charge is 2.38. The summed E-state index contributed by atoms with van der Waals surface area (Å²) in [7, 11) is 0. The van der Waals surface area contributed by atoms with Crippen molar-refractivity contribution in [1.29, 1.82) is 0 Å². The minimum atomic E-state index is -0.0576. The molecule has 0 bridgehead atoms. The molecule has 7 rings (SSSR count). The maximum atomic E-state index is 4.68. The van der Waals surface area contributed by atoms with Crippen molar-refractivity contribution in [3.63, 3.8) is 0 Å². The SMILES string of the molecule is C=C1CCC2=C(c3cc4c(cc31)-c1ccc(C(C)(C)C)cc1C4(C)C)c1ccc3cc(CCCC)ccc3c1C=CCC2. The molecule has 0 N–H and O–H groups in total. The van der Waals surface area contributed by atoms with Crippen LogP contribution in [0.25, 0.3) is 39.1 Å². The van der Waals surface area contributed by atoms with E-state index in [0.717, 1.165) is 32.1 Å². The van der Waals surface area contributed by atoms with Crippen molar-refractivity contribution >= 4 is 28.0 Å². The van der Waals surface area contributed by atoms with Crippen molar-refractivity contribution in [2.75, 3.05) is 0 Å². The first-order valence-electron chi connectivity index (χ1n) is 16.5. The molecule has 4 aromatic carbocycles. The smallest absolute Gasteiger partial charge is 0.0159 e. The van der Waals surface area contributed by atoms with Crippen LogP contribution < -0.4 is 0 Å². The van der Waals surface area contributed by atoms with Gasteiger partial charge in [0.2, 0.25) is 0 Å². The number of aryl methyl sites for hydroxylation is 1. The van der Waals surface area contributed by atoms with Crippen LogP contribution in [-0.2, 0) is 17.3 Å². The summed E-state index contributed by atoms with van der Waals surface area (Å²) in [5, 5.41) is 2.73. The van der Waals surface area contributed by atoms with Crippen LogP contribution in [0.3, 0.4) is 0 Å². The lowest BCUT2D eigenvalue weighted by Crippen LogP contribution is -2.18. The lowest BCUT2D eigenvalue weighted by Gasteiger charge is -2.26. The zero-order valence-electron chi connectivity index (χ0n) is 27.1. The van der Waals surface area contributed by atoms with Crippen LogP contribution >= 0.6 is 0 Å². The van der Waals surface area contributed by atoms with Gasteiger partial charge >= 0.3 is 0 Å². The van der Waals surface area contributed by atoms with Crippen molar-refractivity contribution in [3.05, 3.63) is 123 Å². The fourth-order valence-corrected chi connectivity index (χ4v) is 7.88. The van der Waals surface area contributed by atoms with E-state index < -0.39 is 0 Å². The molecule has 0 atom stereocenters. The summed E-state index contributed by atoms with van der Waals surface area (Å²) in [5.41, 5.74) is 18.5. The quantitative estimate of drug-likeness (QED) is 0.233. The molecule has 0 heterocycles. The van der Waals surface area contributed by atoms with E-state index in [1.165, 1.54) is 90.4 Å². The molecule has 0 saturated carbocycles. The Morgan fingerprint density at radius 1 is 0.767 bits per heavy atom. The van der Waals surface area contributed by atoms with E-state index in [1.54, 1.807) is 5.57 Å². The molecule has 0 fully saturated rings. The van der Waals surface area contributed by atoms with Crippen LogP contribution in [0.15, 0.2) is 78.9 Å². The molecule has 0 heteroatoms. The Morgan fingerprint density at radius 2 is 1.56 bits per heavy atom. The van der Waals surface area contributed by atoms with E-state index in [9.17, 15) is 0 Å². The summed E-state index contributed by atoms with van der Waals surface area (Å²) in [5.74, 6) is 0. The van der Waals surface area contributed by atoms with E-state index in [4.69, 9.17) is 0 Å². The van der Waals surface area contributed by atoms with Crippen molar-refractivity contribution < 1.29 is 0 Å². The molecule has 0 aliphatic heterocycles. The molecule has 43 heavy (non-hydrogen) atoms. The molecule has 0 aromatic heterocycles. The number of hydrogen-bond donors (Lipinski definition) is 0. The first-order valence-corrected chi connectivity index (χ1v) is 16.5. The monoisotopic (exact) mass is 562 g/mol. The summed E-state index contributed by atoms with van der Waals surface area (Å²) < 4.78 is 0. The molecular formula is C43H46. The van der Waals surface area contributed by atoms with Gasteiger partial charge in [-0.1, -0.05) is 121 Å². The standard InChI is InChI=1S/C43H46/c1-8-9-12-28-16-20-32-30(23-28)18-21-35-33(32)14-11-10-13-29-17-15-27(2)36-25-37-34-22-19-31(42(3,4)5)24-39(34)43(6,7)40(37)26-38(36)41(29)35/h11,14,16,18-26H,2,8-10,12-13,15,17H2,1,3-7H3. The van der Waals surface area contributed by atoms with Crippen LogP contribution in [0, 0.1) is 0 Å². The molecule has 0 radical (unpaired) electrons. The van der Waals surface area contributed by atoms with Gasteiger partial charge in [-0.15, -0.1) is 0 Å². The van der Waals surface area contributed by atoms with E-state index in [0.29, 0.717) is 0 Å². The maximum absolute atomic E-state index is 4.68. The molecule has 4 aromatic rings. The molecule has 0 saturated heterocycles. The fraction of sp³-hybridized carbons (Fsp3) is 0.349. The van der Waals surface area contributed by atoms with Crippen molar-refractivity contribution in [1.82, 2.24) is 0 Å². The molecular weight excluding hydrogens is 516 g/mol. The topological polar surface area (TPSA) is 0 Å². The number of fused-ring (bicyclic) bond motifs is 9. The summed E-state index contributed by atoms with van der Waals surface area (Å²) >= 11 is 0. The van der Waals surface area contributed by atoms with Gasteiger partial charge in [-0.25, -0.2) is 0 Å². The Kier molecular flexibility index (Phi) is 6.69. The first kappa shape index (κ1) is 28.1. The molecule has 0 nitrogen and oxygen atoms in total. The van der Waals surface area contributed by atoms with Gasteiger partial charge < -0.3 is 0 Å². The Labute approximate surface area is 259 Å². The zero-order valence-corrected chi connectivity index (χ0v) is 27.1. The highest BCUT2D eigenvalue weighted by Crippen LogP contribution is 2.53. The Balaban J connectivity index is 1.45. The average molecular weight is 563 g/mol. The van der Waals surface area contributed by atoms with Gasteiger partial charge in [0.15, 0.2) is 0 Å². The van der Waals surface area contributed by atoms with E-state index in [1.807, 2.05) is 0 Å². The van der Waals surface area contributed by atoms with Crippen molar-refractivity contribution in [2.24, 2.45) is 0 Å². The molecule has 0 unspecified atom stereocenters. The van der Waals surface area contributed by atoms with E-state index >= 15 is 0 Å². The second-order valence-corrected chi connectivity index (χ2v) is 14.8. The predicted molar refractivity (Wildman–Crippen MR) is 188 cm³/mol. The summed E-state index contributed by atoms with van der Waals surface area (Å²) in [4.78, 5) is 0. The number of hydrogen-bond acceptors (Lipinski definition) is 0. The third-order valence-corrected chi connectivity index (χ3v) is 10.5. The summed E-state index contributed by atoms with van der Waals surface area (Å²) in [6.07, 6.45) is 12.8. The van der Waals surface area contributed by atoms with Crippen LogP contribution in [0.5, 0.6) is 0 Å². The lowest BCUT2D eigenvalue weighted by molar-refractivity contribution is 0.584. The number of allylic oxidation sites excluding steroid dienone is 3. The molecule has 0 amide bonds. The zero-order chi connectivity index (χ0) is 30.1. The molecule has 3 aliphatic rings. The number of unbranched alkanes of at least 4 members (excludes halogenated alkanes) is 1. The largest absolute Gasteiger partial charge is 0.0952 e.